The summed E-state index contributed by atoms with van der Waals surface area (Å²) in [5, 5.41) is 2.51. The van der Waals surface area contributed by atoms with E-state index in [0.29, 0.717) is 56.9 Å². The van der Waals surface area contributed by atoms with Gasteiger partial charge in [0, 0.05) is 19.5 Å². The number of carbonyl (C=O) groups is 3. The van der Waals surface area contributed by atoms with Crippen LogP contribution in [0.15, 0.2) is 30.6 Å². The number of carbonyl (C=O) groups excluding carboxylic acids is 3. The van der Waals surface area contributed by atoms with Crippen molar-refractivity contribution in [1.29, 1.82) is 0 Å². The molecular weight excluding hydrogens is 443 g/mol. The van der Waals surface area contributed by atoms with Crippen molar-refractivity contribution in [2.45, 2.75) is 39.5 Å². The molecule has 1 saturated heterocycles. The molecule has 0 saturated carbocycles. The van der Waals surface area contributed by atoms with E-state index in [9.17, 15) is 18.8 Å². The van der Waals surface area contributed by atoms with Crippen molar-refractivity contribution in [2.75, 3.05) is 36.6 Å². The first kappa shape index (κ1) is 25.1. The molecule has 0 spiro atoms. The quantitative estimate of drug-likeness (QED) is 0.524. The van der Waals surface area contributed by atoms with E-state index in [0.717, 1.165) is 5.56 Å². The summed E-state index contributed by atoms with van der Waals surface area (Å²) in [6.07, 6.45) is 3.54. The molecule has 9 nitrogen and oxygen atoms in total. The Morgan fingerprint density at radius 2 is 1.85 bits per heavy atom. The highest BCUT2D eigenvalue weighted by Crippen LogP contribution is 2.36. The predicted molar refractivity (Wildman–Crippen MR) is 124 cm³/mol. The Hall–Kier alpha value is -3.56. The molecule has 0 bridgehead atoms. The van der Waals surface area contributed by atoms with Crippen LogP contribution in [0.2, 0.25) is 0 Å². The number of esters is 1. The number of nitrogens with zero attached hydrogens (tertiary/aromatic N) is 3. The second kappa shape index (κ2) is 12.1. The number of nitrogens with one attached hydrogen (secondary N) is 1. The maximum Gasteiger partial charge on any atom is 0.309 e. The van der Waals surface area contributed by atoms with Crippen LogP contribution in [0.4, 0.5) is 15.9 Å². The standard InChI is InChI=1S/C24H29FN4O5/c1-3-33-24(32)18-10-12-29(13-11-18)22-21(28-20(31)14-25)23(27-15-26-22)34-19-8-6-17(7-9-19)5-4-16(2)30/h6-9,15,18H,3-5,10-14H2,1-2H3,(H,28,31). The molecule has 0 atom stereocenters. The lowest BCUT2D eigenvalue weighted by molar-refractivity contribution is -0.148. The molecule has 182 valence electrons. The minimum absolute atomic E-state index is 0.0794. The Balaban J connectivity index is 1.79. The maximum atomic E-state index is 13.0. The van der Waals surface area contributed by atoms with Gasteiger partial charge in [-0.3, -0.25) is 9.59 Å². The van der Waals surface area contributed by atoms with E-state index in [1.807, 2.05) is 17.0 Å². The van der Waals surface area contributed by atoms with Crippen molar-refractivity contribution in [3.63, 3.8) is 0 Å². The van der Waals surface area contributed by atoms with Gasteiger partial charge in [0.1, 0.15) is 23.5 Å². The van der Waals surface area contributed by atoms with E-state index < -0.39 is 12.6 Å². The number of ketones is 1. The Kier molecular flexibility index (Phi) is 8.89. The summed E-state index contributed by atoms with van der Waals surface area (Å²) < 4.78 is 24.0. The molecule has 2 aromatic rings. The first-order valence-corrected chi connectivity index (χ1v) is 11.3. The van der Waals surface area contributed by atoms with Gasteiger partial charge >= 0.3 is 5.97 Å². The van der Waals surface area contributed by atoms with E-state index in [-0.39, 0.29) is 29.2 Å². The number of amides is 1. The van der Waals surface area contributed by atoms with Gasteiger partial charge in [0.05, 0.1) is 12.5 Å². The molecule has 3 rings (SSSR count). The molecule has 1 aromatic heterocycles. The summed E-state index contributed by atoms with van der Waals surface area (Å²) in [4.78, 5) is 45.5. The zero-order chi connectivity index (χ0) is 24.5. The number of ether oxygens (including phenoxy) is 2. The smallest absolute Gasteiger partial charge is 0.309 e. The third-order valence-corrected chi connectivity index (χ3v) is 5.50. The van der Waals surface area contributed by atoms with E-state index in [1.54, 1.807) is 26.0 Å². The third-order valence-electron chi connectivity index (χ3n) is 5.50. The summed E-state index contributed by atoms with van der Waals surface area (Å²) in [5.41, 5.74) is 1.15. The molecule has 1 N–H and O–H groups in total. The first-order chi connectivity index (χ1) is 16.4. The van der Waals surface area contributed by atoms with Gasteiger partial charge in [0.15, 0.2) is 12.5 Å². The second-order valence-corrected chi connectivity index (χ2v) is 8.02. The van der Waals surface area contributed by atoms with Gasteiger partial charge < -0.3 is 24.5 Å². The fourth-order valence-corrected chi connectivity index (χ4v) is 3.70. The number of aryl methyl sites for hydroxylation is 1. The Bertz CT molecular complexity index is 1010. The van der Waals surface area contributed by atoms with Crippen LogP contribution < -0.4 is 15.0 Å². The van der Waals surface area contributed by atoms with Crippen LogP contribution in [0.5, 0.6) is 11.6 Å². The molecular formula is C24H29FN4O5. The zero-order valence-electron chi connectivity index (χ0n) is 19.4. The number of Topliss-reactive ketones (excluding diaryl/α,β-unsaturated/α-hetero) is 1. The van der Waals surface area contributed by atoms with Crippen LogP contribution in [0.25, 0.3) is 0 Å². The predicted octanol–water partition coefficient (Wildman–Crippen LogP) is 3.48. The molecule has 1 aromatic carbocycles. The van der Waals surface area contributed by atoms with Crippen LogP contribution in [-0.4, -0.2) is 54.0 Å². The van der Waals surface area contributed by atoms with Crippen molar-refractivity contribution >= 4 is 29.2 Å². The highest BCUT2D eigenvalue weighted by atomic mass is 19.1. The third kappa shape index (κ3) is 6.72. The maximum absolute atomic E-state index is 13.0. The van der Waals surface area contributed by atoms with Crippen molar-refractivity contribution in [3.8, 4) is 11.6 Å². The topological polar surface area (TPSA) is 111 Å². The number of benzene rings is 1. The van der Waals surface area contributed by atoms with Gasteiger partial charge in [-0.25, -0.2) is 9.37 Å². The van der Waals surface area contributed by atoms with E-state index >= 15 is 0 Å². The molecule has 0 radical (unpaired) electrons. The lowest BCUT2D eigenvalue weighted by atomic mass is 9.97. The summed E-state index contributed by atoms with van der Waals surface area (Å²) >= 11 is 0. The highest BCUT2D eigenvalue weighted by molar-refractivity contribution is 5.96. The van der Waals surface area contributed by atoms with Gasteiger partial charge in [0.2, 0.25) is 5.88 Å². The normalized spacial score (nSPS) is 13.9. The summed E-state index contributed by atoms with van der Waals surface area (Å²) in [6, 6.07) is 7.17. The van der Waals surface area contributed by atoms with Crippen molar-refractivity contribution < 1.29 is 28.2 Å². The van der Waals surface area contributed by atoms with Gasteiger partial charge in [-0.15, -0.1) is 0 Å². The van der Waals surface area contributed by atoms with Crippen LogP contribution in [0, 0.1) is 5.92 Å². The Labute approximate surface area is 197 Å². The fourth-order valence-electron chi connectivity index (χ4n) is 3.70. The SMILES string of the molecule is CCOC(=O)C1CCN(c2ncnc(Oc3ccc(CCC(C)=O)cc3)c2NC(=O)CF)CC1. The Morgan fingerprint density at radius 1 is 1.15 bits per heavy atom. The molecule has 34 heavy (non-hydrogen) atoms. The second-order valence-electron chi connectivity index (χ2n) is 8.02. The summed E-state index contributed by atoms with van der Waals surface area (Å²) in [6.45, 7) is 3.46. The number of piperidine rings is 1. The molecule has 0 unspecified atom stereocenters. The molecule has 2 heterocycles. The van der Waals surface area contributed by atoms with E-state index in [1.165, 1.54) is 6.33 Å². The van der Waals surface area contributed by atoms with Crippen LogP contribution >= 0.6 is 0 Å². The number of halogens is 1. The van der Waals surface area contributed by atoms with Crippen LogP contribution in [-0.2, 0) is 25.5 Å². The Morgan fingerprint density at radius 3 is 2.47 bits per heavy atom. The lowest BCUT2D eigenvalue weighted by Gasteiger charge is -2.32. The molecule has 1 amide bonds. The molecule has 1 aliphatic rings. The number of hydrogen-bond donors (Lipinski definition) is 1. The van der Waals surface area contributed by atoms with Crippen molar-refractivity contribution in [2.24, 2.45) is 5.92 Å². The lowest BCUT2D eigenvalue weighted by Crippen LogP contribution is -2.38. The number of anilines is 2. The van der Waals surface area contributed by atoms with E-state index in [4.69, 9.17) is 9.47 Å². The first-order valence-electron chi connectivity index (χ1n) is 11.3. The van der Waals surface area contributed by atoms with E-state index in [2.05, 4.69) is 15.3 Å². The van der Waals surface area contributed by atoms with Gasteiger partial charge in [-0.2, -0.15) is 4.98 Å². The average molecular weight is 473 g/mol. The van der Waals surface area contributed by atoms with Crippen molar-refractivity contribution in [1.82, 2.24) is 9.97 Å². The largest absolute Gasteiger partial charge is 0.466 e. The molecule has 1 fully saturated rings. The van der Waals surface area contributed by atoms with Crippen LogP contribution in [0.1, 0.15) is 38.7 Å². The molecule has 10 heteroatoms. The number of aromatic nitrogens is 2. The van der Waals surface area contributed by atoms with Gasteiger partial charge in [-0.05, 0) is 50.8 Å². The summed E-state index contributed by atoms with van der Waals surface area (Å²) in [5.74, 6) is -0.197. The minimum atomic E-state index is -1.20. The number of rotatable bonds is 10. The van der Waals surface area contributed by atoms with Gasteiger partial charge in [0.25, 0.3) is 5.91 Å². The monoisotopic (exact) mass is 472 g/mol. The number of hydrogen-bond acceptors (Lipinski definition) is 8. The molecule has 1 aliphatic heterocycles. The van der Waals surface area contributed by atoms with Gasteiger partial charge in [-0.1, -0.05) is 12.1 Å². The number of alkyl halides is 1. The fraction of sp³-hybridized carbons (Fsp3) is 0.458. The minimum Gasteiger partial charge on any atom is -0.466 e. The molecule has 0 aliphatic carbocycles. The van der Waals surface area contributed by atoms with Crippen molar-refractivity contribution in [3.05, 3.63) is 36.2 Å². The highest BCUT2D eigenvalue weighted by Gasteiger charge is 2.29. The average Bonchev–Trinajstić information content (AvgIpc) is 2.84. The zero-order valence-corrected chi connectivity index (χ0v) is 19.4. The summed E-state index contributed by atoms with van der Waals surface area (Å²) in [7, 11) is 0. The van der Waals surface area contributed by atoms with Crippen LogP contribution in [0.3, 0.4) is 0 Å².